The van der Waals surface area contributed by atoms with Crippen molar-refractivity contribution in [3.8, 4) is 0 Å². The number of carbonyl (C=O) groups excluding carboxylic acids is 1. The van der Waals surface area contributed by atoms with E-state index < -0.39 is 17.5 Å². The minimum absolute atomic E-state index is 0.00161. The third-order valence-corrected chi connectivity index (χ3v) is 3.72. The molecule has 5 nitrogen and oxygen atoms in total. The van der Waals surface area contributed by atoms with Crippen LogP contribution in [-0.4, -0.2) is 11.0 Å². The van der Waals surface area contributed by atoms with Crippen molar-refractivity contribution in [1.29, 1.82) is 0 Å². The molecule has 0 aliphatic rings. The van der Waals surface area contributed by atoms with E-state index in [1.165, 1.54) is 30.3 Å². The normalized spacial score (nSPS) is 10.5. The fourth-order valence-corrected chi connectivity index (χ4v) is 2.46. The van der Waals surface area contributed by atoms with Gasteiger partial charge in [-0.3, -0.25) is 15.6 Å². The van der Waals surface area contributed by atoms with Gasteiger partial charge in [-0.2, -0.15) is 0 Å². The number of hydrogen-bond donors (Lipinski definition) is 3. The summed E-state index contributed by atoms with van der Waals surface area (Å²) in [7, 11) is 0. The van der Waals surface area contributed by atoms with Crippen molar-refractivity contribution in [2.75, 3.05) is 5.32 Å². The summed E-state index contributed by atoms with van der Waals surface area (Å²) < 4.78 is 32.3. The smallest absolute Gasteiger partial charge is 0.305 e. The highest BCUT2D eigenvalue weighted by Crippen LogP contribution is 2.25. The number of hydrazine groups is 1. The minimum atomic E-state index is -0.591. The fourth-order valence-electron chi connectivity index (χ4n) is 2.30. The Kier molecular flexibility index (Phi) is 4.62. The molecule has 0 aliphatic heterocycles. The van der Waals surface area contributed by atoms with Gasteiger partial charge in [0.25, 0.3) is 0 Å². The predicted molar refractivity (Wildman–Crippen MR) is 94.1 cm³/mol. The number of anilines is 1. The van der Waals surface area contributed by atoms with Crippen molar-refractivity contribution in [3.63, 3.8) is 0 Å². The largest absolute Gasteiger partial charge is 0.451 e. The van der Waals surface area contributed by atoms with E-state index in [0.717, 1.165) is 0 Å². The fraction of sp³-hybridized carbons (Fsp3) is 0.0588. The monoisotopic (exact) mass is 361 g/mol. The van der Waals surface area contributed by atoms with Crippen molar-refractivity contribution in [2.45, 2.75) is 6.92 Å². The quantitative estimate of drug-likeness (QED) is 0.480. The summed E-state index contributed by atoms with van der Waals surface area (Å²) in [6, 6.07) is 9.96. The van der Waals surface area contributed by atoms with E-state index >= 15 is 0 Å². The molecule has 0 fully saturated rings. The Morgan fingerprint density at radius 2 is 1.88 bits per heavy atom. The first-order valence-corrected chi connectivity index (χ1v) is 7.67. The van der Waals surface area contributed by atoms with Crippen LogP contribution in [-0.2, 0) is 0 Å². The molecule has 0 atom stereocenters. The number of amides is 1. The van der Waals surface area contributed by atoms with Crippen LogP contribution >= 0.6 is 12.2 Å². The van der Waals surface area contributed by atoms with Gasteiger partial charge in [0.2, 0.25) is 0 Å². The van der Waals surface area contributed by atoms with Crippen molar-refractivity contribution >= 4 is 39.9 Å². The Balaban J connectivity index is 1.67. The lowest BCUT2D eigenvalue weighted by Gasteiger charge is -2.11. The summed E-state index contributed by atoms with van der Waals surface area (Å²) in [5.74, 6) is -1.46. The molecule has 1 amide bonds. The van der Waals surface area contributed by atoms with Crippen LogP contribution in [0.4, 0.5) is 14.5 Å². The van der Waals surface area contributed by atoms with Crippen LogP contribution in [0.25, 0.3) is 11.0 Å². The molecular formula is C17H13F2N3O2S. The number of furan rings is 1. The summed E-state index contributed by atoms with van der Waals surface area (Å²) in [5, 5.41) is 3.13. The molecule has 0 saturated carbocycles. The van der Waals surface area contributed by atoms with Gasteiger partial charge in [-0.15, -0.1) is 0 Å². The Morgan fingerprint density at radius 1 is 1.12 bits per heavy atom. The third-order valence-electron chi connectivity index (χ3n) is 3.52. The van der Waals surface area contributed by atoms with Crippen molar-refractivity contribution in [3.05, 3.63) is 65.4 Å². The minimum Gasteiger partial charge on any atom is -0.451 e. The van der Waals surface area contributed by atoms with E-state index in [1.807, 2.05) is 0 Å². The number of aryl methyl sites for hydroxylation is 1. The summed E-state index contributed by atoms with van der Waals surface area (Å²) in [4.78, 5) is 12.2. The number of benzene rings is 2. The molecule has 0 aliphatic carbocycles. The maximum absolute atomic E-state index is 13.5. The highest BCUT2D eigenvalue weighted by Gasteiger charge is 2.18. The summed E-state index contributed by atoms with van der Waals surface area (Å²) >= 11 is 4.99. The van der Waals surface area contributed by atoms with Crippen LogP contribution in [0.5, 0.6) is 0 Å². The zero-order chi connectivity index (χ0) is 18.0. The topological polar surface area (TPSA) is 66.3 Å². The lowest BCUT2D eigenvalue weighted by molar-refractivity contribution is 0.0917. The third kappa shape index (κ3) is 3.58. The molecule has 3 N–H and O–H groups in total. The average molecular weight is 361 g/mol. The second-order valence-corrected chi connectivity index (χ2v) is 5.62. The molecule has 3 aromatic rings. The van der Waals surface area contributed by atoms with Crippen molar-refractivity contribution in [1.82, 2.24) is 10.9 Å². The summed E-state index contributed by atoms with van der Waals surface area (Å²) in [6.45, 7) is 1.65. The number of fused-ring (bicyclic) bond motifs is 1. The molecule has 0 bridgehead atoms. The number of carbonyl (C=O) groups is 1. The van der Waals surface area contributed by atoms with Crippen LogP contribution in [0.2, 0.25) is 0 Å². The van der Waals surface area contributed by atoms with Gasteiger partial charge in [-0.25, -0.2) is 8.78 Å². The molecule has 0 saturated heterocycles. The maximum atomic E-state index is 13.5. The van der Waals surface area contributed by atoms with Gasteiger partial charge >= 0.3 is 5.91 Å². The Bertz CT molecular complexity index is 972. The van der Waals surface area contributed by atoms with E-state index in [-0.39, 0.29) is 16.6 Å². The van der Waals surface area contributed by atoms with Crippen molar-refractivity contribution < 1.29 is 18.0 Å². The van der Waals surface area contributed by atoms with Gasteiger partial charge in [0.1, 0.15) is 17.2 Å². The first-order chi connectivity index (χ1) is 12.0. The van der Waals surface area contributed by atoms with Gasteiger partial charge in [0, 0.05) is 10.9 Å². The molecule has 25 heavy (non-hydrogen) atoms. The molecular weight excluding hydrogens is 348 g/mol. The Labute approximate surface area is 147 Å². The van der Waals surface area contributed by atoms with Gasteiger partial charge in [-0.05, 0) is 49.5 Å². The standard InChI is InChI=1S/C17H13F2N3O2S/c1-9-11-8-10(18)6-7-14(11)24-15(9)16(23)21-22-17(25)20-13-5-3-2-4-12(13)19/h2-8H,1H3,(H,21,23)(H2,20,22,25). The lowest BCUT2D eigenvalue weighted by Crippen LogP contribution is -2.43. The SMILES string of the molecule is Cc1c(C(=O)NNC(=S)Nc2ccccc2F)oc2ccc(F)cc12. The molecule has 3 rings (SSSR count). The second kappa shape index (κ2) is 6.86. The van der Waals surface area contributed by atoms with Crippen LogP contribution in [0.15, 0.2) is 46.9 Å². The zero-order valence-electron chi connectivity index (χ0n) is 13.0. The van der Waals surface area contributed by atoms with Gasteiger partial charge in [0.05, 0.1) is 5.69 Å². The first-order valence-electron chi connectivity index (χ1n) is 7.26. The highest BCUT2D eigenvalue weighted by atomic mass is 32.1. The summed E-state index contributed by atoms with van der Waals surface area (Å²) in [6.07, 6.45) is 0. The van der Waals surface area contributed by atoms with E-state index in [4.69, 9.17) is 16.6 Å². The van der Waals surface area contributed by atoms with E-state index in [2.05, 4.69) is 16.2 Å². The molecule has 128 valence electrons. The van der Waals surface area contributed by atoms with Crippen LogP contribution in [0.1, 0.15) is 16.1 Å². The number of thiocarbonyl (C=S) groups is 1. The van der Waals surface area contributed by atoms with E-state index in [9.17, 15) is 13.6 Å². The Morgan fingerprint density at radius 3 is 2.64 bits per heavy atom. The molecule has 2 aromatic carbocycles. The van der Waals surface area contributed by atoms with E-state index in [0.29, 0.717) is 16.5 Å². The second-order valence-electron chi connectivity index (χ2n) is 5.21. The number of halogens is 2. The molecule has 0 spiro atoms. The molecule has 8 heteroatoms. The lowest BCUT2D eigenvalue weighted by atomic mass is 10.1. The van der Waals surface area contributed by atoms with Crippen LogP contribution in [0.3, 0.4) is 0 Å². The number of para-hydroxylation sites is 1. The number of rotatable bonds is 2. The Hall–Kier alpha value is -3.00. The highest BCUT2D eigenvalue weighted by molar-refractivity contribution is 7.80. The number of hydrogen-bond acceptors (Lipinski definition) is 3. The number of nitrogens with one attached hydrogen (secondary N) is 3. The van der Waals surface area contributed by atoms with Crippen molar-refractivity contribution in [2.24, 2.45) is 0 Å². The van der Waals surface area contributed by atoms with Gasteiger partial charge < -0.3 is 9.73 Å². The van der Waals surface area contributed by atoms with Crippen LogP contribution in [0, 0.1) is 18.6 Å². The average Bonchev–Trinajstić information content (AvgIpc) is 2.91. The van der Waals surface area contributed by atoms with Gasteiger partial charge in [0.15, 0.2) is 10.9 Å². The molecule has 0 unspecified atom stereocenters. The van der Waals surface area contributed by atoms with Gasteiger partial charge in [-0.1, -0.05) is 12.1 Å². The first kappa shape index (κ1) is 16.8. The summed E-state index contributed by atoms with van der Waals surface area (Å²) in [5.41, 5.74) is 5.88. The maximum Gasteiger partial charge on any atom is 0.305 e. The predicted octanol–water partition coefficient (Wildman–Crippen LogP) is 3.65. The molecule has 1 heterocycles. The van der Waals surface area contributed by atoms with E-state index in [1.54, 1.807) is 19.1 Å². The molecule has 0 radical (unpaired) electrons. The molecule has 1 aromatic heterocycles. The van der Waals surface area contributed by atoms with Crippen LogP contribution < -0.4 is 16.2 Å². The zero-order valence-corrected chi connectivity index (χ0v) is 13.8.